The molecule has 0 N–H and O–H groups in total. The summed E-state index contributed by atoms with van der Waals surface area (Å²) in [6.45, 7) is 2.06. The second-order valence-electron chi connectivity index (χ2n) is 5.42. The van der Waals surface area contributed by atoms with Crippen LogP contribution in [-0.4, -0.2) is 9.55 Å². The molecule has 2 aromatic rings. The van der Waals surface area contributed by atoms with Crippen molar-refractivity contribution in [2.24, 2.45) is 0 Å². The number of hydrogen-bond acceptors (Lipinski definition) is 2. The molecule has 3 heteroatoms. The zero-order chi connectivity index (χ0) is 13.9. The lowest BCUT2D eigenvalue weighted by atomic mass is 9.98. The molecule has 1 atom stereocenters. The molecule has 0 saturated heterocycles. The average Bonchev–Trinajstić information content (AvgIpc) is 2.82. The van der Waals surface area contributed by atoms with Crippen LogP contribution in [0.5, 0.6) is 0 Å². The monoisotopic (exact) mass is 265 g/mol. The molecule has 1 aromatic carbocycles. The molecule has 0 amide bonds. The van der Waals surface area contributed by atoms with E-state index in [0.29, 0.717) is 6.42 Å². The number of fused-ring (bicyclic) bond motifs is 1. The SMILES string of the molecule is Cc1nc2c(n1C(CC#N)c1ccccc1)CCCC2. The highest BCUT2D eigenvalue weighted by atomic mass is 15.1. The van der Waals surface area contributed by atoms with Gasteiger partial charge in [-0.1, -0.05) is 30.3 Å². The number of nitriles is 1. The first kappa shape index (κ1) is 12.9. The summed E-state index contributed by atoms with van der Waals surface area (Å²) >= 11 is 0. The molecule has 0 spiro atoms. The Morgan fingerprint density at radius 1 is 1.25 bits per heavy atom. The molecule has 3 nitrogen and oxygen atoms in total. The summed E-state index contributed by atoms with van der Waals surface area (Å²) in [5, 5.41) is 9.21. The van der Waals surface area contributed by atoms with Crippen LogP contribution in [0, 0.1) is 18.3 Å². The number of hydrogen-bond donors (Lipinski definition) is 0. The molecule has 1 heterocycles. The van der Waals surface area contributed by atoms with Crippen LogP contribution in [0.3, 0.4) is 0 Å². The third-order valence-electron chi connectivity index (χ3n) is 4.13. The first-order chi connectivity index (χ1) is 9.81. The third-order valence-corrected chi connectivity index (χ3v) is 4.13. The highest BCUT2D eigenvalue weighted by Crippen LogP contribution is 2.30. The summed E-state index contributed by atoms with van der Waals surface area (Å²) in [6, 6.07) is 12.7. The van der Waals surface area contributed by atoms with Crippen LogP contribution in [0.15, 0.2) is 30.3 Å². The van der Waals surface area contributed by atoms with Gasteiger partial charge >= 0.3 is 0 Å². The van der Waals surface area contributed by atoms with E-state index in [9.17, 15) is 5.26 Å². The van der Waals surface area contributed by atoms with Crippen LogP contribution in [0.1, 0.15) is 48.1 Å². The lowest BCUT2D eigenvalue weighted by molar-refractivity contribution is 0.537. The van der Waals surface area contributed by atoms with Gasteiger partial charge in [0, 0.05) is 5.69 Å². The van der Waals surface area contributed by atoms with Crippen LogP contribution < -0.4 is 0 Å². The van der Waals surface area contributed by atoms with Crippen molar-refractivity contribution in [3.8, 4) is 6.07 Å². The summed E-state index contributed by atoms with van der Waals surface area (Å²) in [5.41, 5.74) is 3.79. The molecule has 0 saturated carbocycles. The molecule has 20 heavy (non-hydrogen) atoms. The van der Waals surface area contributed by atoms with Crippen molar-refractivity contribution in [3.63, 3.8) is 0 Å². The molecule has 0 radical (unpaired) electrons. The first-order valence-electron chi connectivity index (χ1n) is 7.29. The topological polar surface area (TPSA) is 41.6 Å². The molecule has 0 bridgehead atoms. The van der Waals surface area contributed by atoms with E-state index >= 15 is 0 Å². The van der Waals surface area contributed by atoms with E-state index in [-0.39, 0.29) is 6.04 Å². The van der Waals surface area contributed by atoms with Gasteiger partial charge in [0.1, 0.15) is 5.82 Å². The lowest BCUT2D eigenvalue weighted by Gasteiger charge is -2.22. The lowest BCUT2D eigenvalue weighted by Crippen LogP contribution is -2.16. The van der Waals surface area contributed by atoms with E-state index in [4.69, 9.17) is 4.98 Å². The van der Waals surface area contributed by atoms with Gasteiger partial charge in [0.05, 0.1) is 24.2 Å². The van der Waals surface area contributed by atoms with Crippen molar-refractivity contribution in [3.05, 3.63) is 53.1 Å². The van der Waals surface area contributed by atoms with Crippen molar-refractivity contribution >= 4 is 0 Å². The fourth-order valence-corrected chi connectivity index (χ4v) is 3.23. The summed E-state index contributed by atoms with van der Waals surface area (Å²) in [6.07, 6.45) is 5.12. The van der Waals surface area contributed by atoms with E-state index in [1.165, 1.54) is 29.8 Å². The fourth-order valence-electron chi connectivity index (χ4n) is 3.23. The highest BCUT2D eigenvalue weighted by molar-refractivity contribution is 5.27. The maximum atomic E-state index is 9.21. The van der Waals surface area contributed by atoms with Crippen molar-refractivity contribution in [2.75, 3.05) is 0 Å². The van der Waals surface area contributed by atoms with Crippen molar-refractivity contribution in [1.29, 1.82) is 5.26 Å². The minimum Gasteiger partial charge on any atom is -0.323 e. The van der Waals surface area contributed by atoms with E-state index < -0.39 is 0 Å². The van der Waals surface area contributed by atoms with E-state index in [2.05, 4.69) is 29.7 Å². The van der Waals surface area contributed by atoms with Gasteiger partial charge in [0.2, 0.25) is 0 Å². The summed E-state index contributed by atoms with van der Waals surface area (Å²) in [4.78, 5) is 4.73. The predicted molar refractivity (Wildman–Crippen MR) is 78.4 cm³/mol. The molecule has 102 valence electrons. The minimum absolute atomic E-state index is 0.0931. The van der Waals surface area contributed by atoms with Gasteiger partial charge in [-0.3, -0.25) is 0 Å². The second-order valence-corrected chi connectivity index (χ2v) is 5.42. The summed E-state index contributed by atoms with van der Waals surface area (Å²) in [7, 11) is 0. The smallest absolute Gasteiger partial charge is 0.106 e. The Bertz CT molecular complexity index is 634. The number of nitrogens with zero attached hydrogens (tertiary/aromatic N) is 3. The Morgan fingerprint density at radius 3 is 2.75 bits per heavy atom. The molecule has 1 aliphatic carbocycles. The molecule has 1 aliphatic rings. The zero-order valence-electron chi connectivity index (χ0n) is 11.8. The fraction of sp³-hybridized carbons (Fsp3) is 0.412. The Labute approximate surface area is 119 Å². The van der Waals surface area contributed by atoms with Crippen LogP contribution in [0.2, 0.25) is 0 Å². The molecular weight excluding hydrogens is 246 g/mol. The molecule has 1 unspecified atom stereocenters. The van der Waals surface area contributed by atoms with Crippen molar-refractivity contribution < 1.29 is 0 Å². The number of rotatable bonds is 3. The quantitative estimate of drug-likeness (QED) is 0.851. The Morgan fingerprint density at radius 2 is 2.00 bits per heavy atom. The van der Waals surface area contributed by atoms with Crippen LogP contribution in [-0.2, 0) is 12.8 Å². The van der Waals surface area contributed by atoms with E-state index in [0.717, 1.165) is 18.7 Å². The number of aromatic nitrogens is 2. The molecular formula is C17H19N3. The van der Waals surface area contributed by atoms with Gasteiger partial charge < -0.3 is 4.57 Å². The van der Waals surface area contributed by atoms with Gasteiger partial charge in [-0.05, 0) is 38.2 Å². The highest BCUT2D eigenvalue weighted by Gasteiger charge is 2.24. The van der Waals surface area contributed by atoms with Gasteiger partial charge in [0.25, 0.3) is 0 Å². The standard InChI is InChI=1S/C17H19N3/c1-13-19-15-9-5-6-10-17(15)20(13)16(11-12-18)14-7-3-2-4-8-14/h2-4,7-8,16H,5-6,9-11H2,1H3. The summed E-state index contributed by atoms with van der Waals surface area (Å²) in [5.74, 6) is 1.04. The molecule has 0 aliphatic heterocycles. The van der Waals surface area contributed by atoms with Crippen LogP contribution in [0.25, 0.3) is 0 Å². The maximum absolute atomic E-state index is 9.21. The van der Waals surface area contributed by atoms with Gasteiger partial charge in [-0.25, -0.2) is 4.98 Å². The Hall–Kier alpha value is -2.08. The third kappa shape index (κ3) is 2.22. The largest absolute Gasteiger partial charge is 0.323 e. The Balaban J connectivity index is 2.09. The van der Waals surface area contributed by atoms with Crippen LogP contribution >= 0.6 is 0 Å². The number of imidazole rings is 1. The Kier molecular flexibility index (Phi) is 3.56. The second kappa shape index (κ2) is 5.50. The normalized spacial score (nSPS) is 15.4. The first-order valence-corrected chi connectivity index (χ1v) is 7.29. The van der Waals surface area contributed by atoms with Crippen molar-refractivity contribution in [2.45, 2.75) is 45.1 Å². The summed E-state index contributed by atoms with van der Waals surface area (Å²) < 4.78 is 2.30. The minimum atomic E-state index is 0.0931. The number of benzene rings is 1. The maximum Gasteiger partial charge on any atom is 0.106 e. The molecule has 0 fully saturated rings. The average molecular weight is 265 g/mol. The zero-order valence-corrected chi connectivity index (χ0v) is 11.8. The van der Waals surface area contributed by atoms with Crippen molar-refractivity contribution in [1.82, 2.24) is 9.55 Å². The van der Waals surface area contributed by atoms with Gasteiger partial charge in [-0.15, -0.1) is 0 Å². The molecule has 1 aromatic heterocycles. The predicted octanol–water partition coefficient (Wildman–Crippen LogP) is 3.57. The van der Waals surface area contributed by atoms with Gasteiger partial charge in [0.15, 0.2) is 0 Å². The van der Waals surface area contributed by atoms with Gasteiger partial charge in [-0.2, -0.15) is 5.26 Å². The van der Waals surface area contributed by atoms with Crippen LogP contribution in [0.4, 0.5) is 0 Å². The van der Waals surface area contributed by atoms with E-state index in [1.807, 2.05) is 18.2 Å². The number of aryl methyl sites for hydroxylation is 2. The molecule has 3 rings (SSSR count). The van der Waals surface area contributed by atoms with E-state index in [1.54, 1.807) is 0 Å².